The Hall–Kier alpha value is -3.97. The lowest BCUT2D eigenvalue weighted by Gasteiger charge is -2.36. The van der Waals surface area contributed by atoms with E-state index in [0.717, 1.165) is 22.6 Å². The van der Waals surface area contributed by atoms with E-state index in [4.69, 9.17) is 13.8 Å². The lowest BCUT2D eigenvalue weighted by atomic mass is 10.0. The normalized spacial score (nSPS) is 16.9. The Kier molecular flexibility index (Phi) is 6.33. The van der Waals surface area contributed by atoms with Crippen LogP contribution in [0.5, 0.6) is 5.75 Å². The van der Waals surface area contributed by atoms with Crippen molar-refractivity contribution >= 4 is 37.5 Å². The van der Waals surface area contributed by atoms with Gasteiger partial charge in [0, 0.05) is 24.3 Å². The van der Waals surface area contributed by atoms with E-state index in [1.807, 2.05) is 42.5 Å². The van der Waals surface area contributed by atoms with E-state index in [9.17, 15) is 4.79 Å². The topological polar surface area (TPSA) is 67.4 Å². The average molecular weight is 510 g/mol. The first-order valence-corrected chi connectivity index (χ1v) is 15.3. The van der Waals surface area contributed by atoms with Crippen molar-refractivity contribution in [3.63, 3.8) is 0 Å². The average Bonchev–Trinajstić information content (AvgIpc) is 3.48. The molecule has 37 heavy (non-hydrogen) atoms. The Morgan fingerprint density at radius 1 is 1.00 bits per heavy atom. The van der Waals surface area contributed by atoms with Crippen LogP contribution in [0.25, 0.3) is 11.8 Å². The molecular weight excluding hydrogens is 478 g/mol. The highest BCUT2D eigenvalue weighted by molar-refractivity contribution is 6.74. The molecular formula is C30H31N3O3Si. The van der Waals surface area contributed by atoms with E-state index in [1.165, 1.54) is 0 Å². The van der Waals surface area contributed by atoms with Gasteiger partial charge in [0.1, 0.15) is 17.2 Å². The maximum Gasteiger partial charge on any atom is 0.282 e. The van der Waals surface area contributed by atoms with E-state index in [2.05, 4.69) is 51.0 Å². The lowest BCUT2D eigenvalue weighted by Crippen LogP contribution is -2.43. The Morgan fingerprint density at radius 2 is 1.78 bits per heavy atom. The number of carbonyl (C=O) groups is 1. The number of carbonyl (C=O) groups excluding carboxylic acids is 1. The van der Waals surface area contributed by atoms with Gasteiger partial charge >= 0.3 is 0 Å². The second kappa shape index (κ2) is 9.48. The van der Waals surface area contributed by atoms with Crippen LogP contribution in [0.2, 0.25) is 18.1 Å². The molecule has 7 heteroatoms. The van der Waals surface area contributed by atoms with Crippen molar-refractivity contribution in [1.82, 2.24) is 4.90 Å². The first-order chi connectivity index (χ1) is 17.6. The maximum atomic E-state index is 13.4. The van der Waals surface area contributed by atoms with Crippen molar-refractivity contribution in [2.75, 3.05) is 0 Å². The maximum absolute atomic E-state index is 13.4. The number of hydrogen-bond donors (Lipinski definition) is 0. The Balaban J connectivity index is 1.53. The smallest absolute Gasteiger partial charge is 0.282 e. The van der Waals surface area contributed by atoms with E-state index >= 15 is 0 Å². The monoisotopic (exact) mass is 509 g/mol. The third kappa shape index (κ3) is 5.13. The van der Waals surface area contributed by atoms with Crippen LogP contribution < -0.4 is 4.43 Å². The SMILES string of the molecule is CC(C)(C)[Si](C)(C)Oc1cccc(C2=CN3C(=O)/C(=C/c4ccco4)N=C3C(Cc3ccccc3)=N2)c1. The molecule has 1 amide bonds. The predicted molar refractivity (Wildman–Crippen MR) is 151 cm³/mol. The molecule has 3 heterocycles. The highest BCUT2D eigenvalue weighted by atomic mass is 28.4. The first kappa shape index (κ1) is 24.7. The highest BCUT2D eigenvalue weighted by Gasteiger charge is 2.39. The summed E-state index contributed by atoms with van der Waals surface area (Å²) >= 11 is 0. The summed E-state index contributed by atoms with van der Waals surface area (Å²) in [7, 11) is -2.01. The van der Waals surface area contributed by atoms with E-state index in [0.29, 0.717) is 29.4 Å². The molecule has 2 aromatic carbocycles. The van der Waals surface area contributed by atoms with Crippen LogP contribution in [0.15, 0.2) is 99.3 Å². The molecule has 0 N–H and O–H groups in total. The van der Waals surface area contributed by atoms with Gasteiger partial charge in [-0.05, 0) is 48.0 Å². The van der Waals surface area contributed by atoms with Crippen LogP contribution in [0.4, 0.5) is 0 Å². The molecule has 0 aliphatic carbocycles. The zero-order valence-corrected chi connectivity index (χ0v) is 22.9. The number of fused-ring (bicyclic) bond motifs is 1. The summed E-state index contributed by atoms with van der Waals surface area (Å²) < 4.78 is 12.0. The van der Waals surface area contributed by atoms with Crippen LogP contribution in [-0.4, -0.2) is 30.7 Å². The fourth-order valence-electron chi connectivity index (χ4n) is 3.92. The molecule has 0 bridgehead atoms. The molecule has 0 radical (unpaired) electrons. The van der Waals surface area contributed by atoms with E-state index in [-0.39, 0.29) is 10.9 Å². The van der Waals surface area contributed by atoms with Gasteiger partial charge in [-0.15, -0.1) is 0 Å². The molecule has 0 saturated carbocycles. The lowest BCUT2D eigenvalue weighted by molar-refractivity contribution is -0.120. The molecule has 3 aromatic rings. The number of nitrogens with zero attached hydrogens (tertiary/aromatic N) is 3. The number of amidine groups is 1. The summed E-state index contributed by atoms with van der Waals surface area (Å²) in [4.78, 5) is 24.6. The minimum atomic E-state index is -2.01. The van der Waals surface area contributed by atoms with Gasteiger partial charge in [-0.2, -0.15) is 0 Å². The summed E-state index contributed by atoms with van der Waals surface area (Å²) in [6.45, 7) is 11.1. The van der Waals surface area contributed by atoms with Gasteiger partial charge in [-0.3, -0.25) is 9.69 Å². The van der Waals surface area contributed by atoms with Crippen LogP contribution in [0.1, 0.15) is 37.7 Å². The minimum Gasteiger partial charge on any atom is -0.543 e. The Bertz CT molecular complexity index is 1440. The van der Waals surface area contributed by atoms with Gasteiger partial charge in [0.25, 0.3) is 5.91 Å². The van der Waals surface area contributed by atoms with Crippen LogP contribution in [0, 0.1) is 0 Å². The molecule has 188 valence electrons. The summed E-state index contributed by atoms with van der Waals surface area (Å²) in [6.07, 6.45) is 5.56. The number of rotatable bonds is 6. The molecule has 0 atom stereocenters. The van der Waals surface area contributed by atoms with Crippen LogP contribution in [-0.2, 0) is 11.2 Å². The Labute approximate surface area is 218 Å². The van der Waals surface area contributed by atoms with Gasteiger partial charge in [0.2, 0.25) is 8.32 Å². The van der Waals surface area contributed by atoms with Crippen molar-refractivity contribution in [2.24, 2.45) is 9.98 Å². The minimum absolute atomic E-state index is 0.0815. The molecule has 0 saturated heterocycles. The fourth-order valence-corrected chi connectivity index (χ4v) is 4.94. The highest BCUT2D eigenvalue weighted by Crippen LogP contribution is 2.38. The zero-order chi connectivity index (χ0) is 26.2. The molecule has 0 spiro atoms. The van der Waals surface area contributed by atoms with Crippen molar-refractivity contribution in [1.29, 1.82) is 0 Å². The fraction of sp³-hybridized carbons (Fsp3) is 0.233. The molecule has 2 aliphatic heterocycles. The second-order valence-corrected chi connectivity index (χ2v) is 15.5. The van der Waals surface area contributed by atoms with Gasteiger partial charge < -0.3 is 8.84 Å². The summed E-state index contributed by atoms with van der Waals surface area (Å²) in [5.74, 6) is 1.73. The van der Waals surface area contributed by atoms with Gasteiger partial charge in [-0.25, -0.2) is 9.98 Å². The molecule has 6 nitrogen and oxygen atoms in total. The second-order valence-electron chi connectivity index (χ2n) is 10.8. The van der Waals surface area contributed by atoms with Gasteiger partial charge in [0.15, 0.2) is 5.84 Å². The van der Waals surface area contributed by atoms with Crippen LogP contribution in [0.3, 0.4) is 0 Å². The summed E-state index contributed by atoms with van der Waals surface area (Å²) in [6, 6.07) is 21.6. The van der Waals surface area contributed by atoms with Gasteiger partial charge in [-0.1, -0.05) is 63.2 Å². The summed E-state index contributed by atoms with van der Waals surface area (Å²) in [5.41, 5.74) is 3.72. The number of amides is 1. The third-order valence-corrected chi connectivity index (χ3v) is 11.4. The van der Waals surface area contributed by atoms with Crippen molar-refractivity contribution in [3.8, 4) is 5.75 Å². The number of aliphatic imine (C=N–C) groups is 2. The quantitative estimate of drug-likeness (QED) is 0.267. The molecule has 5 rings (SSSR count). The van der Waals surface area contributed by atoms with Gasteiger partial charge in [0.05, 0.1) is 17.7 Å². The number of furan rings is 1. The summed E-state index contributed by atoms with van der Waals surface area (Å²) in [5, 5.41) is 0.0815. The Morgan fingerprint density at radius 3 is 2.49 bits per heavy atom. The third-order valence-electron chi connectivity index (χ3n) is 7.00. The number of hydrogen-bond acceptors (Lipinski definition) is 5. The molecule has 0 unspecified atom stereocenters. The molecule has 1 aromatic heterocycles. The number of benzene rings is 2. The molecule has 0 fully saturated rings. The van der Waals surface area contributed by atoms with E-state index < -0.39 is 8.32 Å². The van der Waals surface area contributed by atoms with Crippen LogP contribution >= 0.6 is 0 Å². The largest absolute Gasteiger partial charge is 0.543 e. The molecule has 2 aliphatic rings. The van der Waals surface area contributed by atoms with Crippen molar-refractivity contribution in [3.05, 3.63) is 102 Å². The predicted octanol–water partition coefficient (Wildman–Crippen LogP) is 6.94. The standard InChI is InChI=1S/C30H31N3O3Si/c1-30(2,3)37(4,5)36-24-14-9-13-22(18-24)27-20-33-28(25(31-27)17-21-11-7-6-8-12-21)32-26(29(33)34)19-23-15-10-16-35-23/h6-16,18-20H,17H2,1-5H3/b26-19-. The zero-order valence-electron chi connectivity index (χ0n) is 21.9. The first-order valence-electron chi connectivity index (χ1n) is 12.4. The van der Waals surface area contributed by atoms with Crippen molar-refractivity contribution < 1.29 is 13.6 Å². The van der Waals surface area contributed by atoms with Crippen molar-refractivity contribution in [2.45, 2.75) is 45.3 Å². The van der Waals surface area contributed by atoms with E-state index in [1.54, 1.807) is 35.6 Å².